The lowest BCUT2D eigenvalue weighted by molar-refractivity contribution is 0.0218. The van der Waals surface area contributed by atoms with Gasteiger partial charge in [0.1, 0.15) is 41.5 Å². The number of fused-ring (bicyclic) bond motifs is 6. The Morgan fingerprint density at radius 3 is 1.99 bits per heavy atom. The molecule has 0 amide bonds. The third-order valence-electron chi connectivity index (χ3n) is 13.7. The van der Waals surface area contributed by atoms with Gasteiger partial charge in [-0.3, -0.25) is 13.8 Å². The fraction of sp³-hybridized carbons (Fsp3) is 0.240. The van der Waals surface area contributed by atoms with Gasteiger partial charge in [0, 0.05) is 73.6 Å². The van der Waals surface area contributed by atoms with E-state index in [2.05, 4.69) is 51.2 Å². The molecule has 2 aromatic carbocycles. The lowest BCUT2D eigenvalue weighted by Gasteiger charge is -2.28. The van der Waals surface area contributed by atoms with Crippen molar-refractivity contribution in [3.8, 4) is 56.9 Å². The van der Waals surface area contributed by atoms with E-state index < -0.39 is 77.4 Å². The van der Waals surface area contributed by atoms with Crippen molar-refractivity contribution in [2.24, 2.45) is 7.05 Å². The van der Waals surface area contributed by atoms with Crippen LogP contribution in [0.2, 0.25) is 0 Å². The van der Waals surface area contributed by atoms with Crippen LogP contribution in [0.4, 0.5) is 67.4 Å². The third-order valence-corrected chi connectivity index (χ3v) is 13.7. The van der Waals surface area contributed by atoms with E-state index in [4.69, 9.17) is 9.97 Å². The quantitative estimate of drug-likeness (QED) is 0.104. The molecule has 0 unspecified atom stereocenters. The minimum atomic E-state index is -4.17. The highest BCUT2D eigenvalue weighted by atomic mass is 19.3. The number of anilines is 4. The zero-order valence-electron chi connectivity index (χ0n) is 40.9. The summed E-state index contributed by atoms with van der Waals surface area (Å²) in [7, 11) is 1.65. The Morgan fingerprint density at radius 2 is 1.32 bits per heavy atom. The molecular weight excluding hydrogens is 1040 g/mol. The van der Waals surface area contributed by atoms with E-state index in [0.29, 0.717) is 62.3 Å². The summed E-state index contributed by atoms with van der Waals surface area (Å²) in [5.41, 5.74) is 0.848. The first kappa shape index (κ1) is 49.6. The maximum atomic E-state index is 16.1. The molecule has 2 atom stereocenters. The lowest BCUT2D eigenvalue weighted by Crippen LogP contribution is -2.30. The van der Waals surface area contributed by atoms with Crippen LogP contribution in [0.25, 0.3) is 56.9 Å². The van der Waals surface area contributed by atoms with E-state index in [-0.39, 0.29) is 65.2 Å². The lowest BCUT2D eigenvalue weighted by atomic mass is 10.1. The van der Waals surface area contributed by atoms with Gasteiger partial charge in [-0.25, -0.2) is 37.5 Å². The molecule has 398 valence electrons. The average Bonchev–Trinajstić information content (AvgIpc) is 4.31. The van der Waals surface area contributed by atoms with Crippen molar-refractivity contribution in [1.29, 1.82) is 0 Å². The molecule has 0 radical (unpaired) electrons. The molecule has 0 bridgehead atoms. The van der Waals surface area contributed by atoms with Crippen molar-refractivity contribution in [2.75, 3.05) is 17.3 Å². The van der Waals surface area contributed by atoms with E-state index in [1.807, 2.05) is 0 Å². The number of alkyl halides is 7. The van der Waals surface area contributed by atoms with Crippen LogP contribution in [0.15, 0.2) is 91.5 Å². The molecular formula is C50H38F10N18. The summed E-state index contributed by atoms with van der Waals surface area (Å²) in [6, 6.07) is 10.4. The Kier molecular flexibility index (Phi) is 11.6. The molecule has 0 fully saturated rings. The largest absolute Gasteiger partial charge is 0.342 e. The van der Waals surface area contributed by atoms with Crippen LogP contribution in [0, 0.1) is 31.3 Å². The van der Waals surface area contributed by atoms with Crippen LogP contribution in [-0.4, -0.2) is 84.8 Å². The maximum absolute atomic E-state index is 16.1. The zero-order valence-corrected chi connectivity index (χ0v) is 40.9. The molecule has 0 saturated carbocycles. The van der Waals surface area contributed by atoms with Gasteiger partial charge in [-0.2, -0.15) is 41.2 Å². The number of rotatable bonds is 13. The number of halogens is 10. The van der Waals surface area contributed by atoms with E-state index >= 15 is 26.3 Å². The van der Waals surface area contributed by atoms with Gasteiger partial charge in [0.15, 0.2) is 11.6 Å². The van der Waals surface area contributed by atoms with Crippen molar-refractivity contribution < 1.29 is 43.9 Å². The molecule has 18 nitrogen and oxygen atoms in total. The molecule has 10 heterocycles. The van der Waals surface area contributed by atoms with Crippen LogP contribution >= 0.6 is 0 Å². The van der Waals surface area contributed by atoms with Crippen LogP contribution in [0.3, 0.4) is 0 Å². The molecule has 8 aromatic heterocycles. The molecule has 2 aliphatic rings. The predicted octanol–water partition coefficient (Wildman–Crippen LogP) is 10.6. The summed E-state index contributed by atoms with van der Waals surface area (Å²) in [6.45, 7) is 0.651. The van der Waals surface area contributed by atoms with Crippen LogP contribution in [-0.2, 0) is 32.0 Å². The summed E-state index contributed by atoms with van der Waals surface area (Å²) >= 11 is 0. The topological polar surface area (TPSA) is 183 Å². The van der Waals surface area contributed by atoms with E-state index in [9.17, 15) is 17.6 Å². The van der Waals surface area contributed by atoms with E-state index in [1.165, 1.54) is 45.9 Å². The number of aromatic nitrogens is 16. The fourth-order valence-corrected chi connectivity index (χ4v) is 9.95. The van der Waals surface area contributed by atoms with E-state index in [1.54, 1.807) is 61.5 Å². The predicted molar refractivity (Wildman–Crippen MR) is 259 cm³/mol. The van der Waals surface area contributed by atoms with Gasteiger partial charge in [-0.15, -0.1) is 20.4 Å². The molecule has 28 heteroatoms. The van der Waals surface area contributed by atoms with Crippen molar-refractivity contribution in [3.05, 3.63) is 143 Å². The smallest absolute Gasteiger partial charge is 0.335 e. The summed E-state index contributed by atoms with van der Waals surface area (Å²) in [5, 5.41) is 30.0. The molecule has 2 N–H and O–H groups in total. The van der Waals surface area contributed by atoms with Crippen molar-refractivity contribution in [3.63, 3.8) is 0 Å². The van der Waals surface area contributed by atoms with Crippen molar-refractivity contribution in [2.45, 2.75) is 64.3 Å². The third kappa shape index (κ3) is 8.02. The second-order valence-corrected chi connectivity index (χ2v) is 18.7. The Labute approximate surface area is 433 Å². The molecule has 78 heavy (non-hydrogen) atoms. The first-order valence-corrected chi connectivity index (χ1v) is 23.8. The standard InChI is InChI=1S/C50H38F10N18/c1-23-18-61-47(65-39(23)26-13-35-42-68-70-44(76(42)24(2)19-74(35)20-26)49(57,58)30-7-5-6-8-32(30)53)64-38-16-34(72-78(38)46(55)56)41-25(3)40(66-48(67-41)63-37-11-12-62-73(37)4)27-14-36-43-69-71-45(77(43)29(17-51)22-75(36)21-27)50(59,60)31-10-9-28(52)15-33(31)54/h5-16,18,20-21,24,29,46H,17,19,22H2,1-4H3,(H,61,64,65)(H,63,66,67)/t24-,29-/m0/s1. The summed E-state index contributed by atoms with van der Waals surface area (Å²) in [6.07, 6.45) is 6.30. The molecule has 12 rings (SSSR count). The first-order valence-electron chi connectivity index (χ1n) is 23.8. The van der Waals surface area contributed by atoms with Crippen LogP contribution in [0.1, 0.15) is 59.5 Å². The minimum absolute atomic E-state index is 0.0445. The zero-order chi connectivity index (χ0) is 54.7. The molecule has 2 aliphatic heterocycles. The number of nitrogens with one attached hydrogen (secondary N) is 2. The van der Waals surface area contributed by atoms with Gasteiger partial charge in [-0.05, 0) is 62.7 Å². The highest BCUT2D eigenvalue weighted by Crippen LogP contribution is 2.45. The number of hydrogen-bond donors (Lipinski definition) is 2. The number of aryl methyl sites for hydroxylation is 2. The highest BCUT2D eigenvalue weighted by Gasteiger charge is 2.47. The summed E-state index contributed by atoms with van der Waals surface area (Å²) < 4.78 is 160. The molecule has 10 aromatic rings. The van der Waals surface area contributed by atoms with Crippen LogP contribution < -0.4 is 10.6 Å². The fourth-order valence-electron chi connectivity index (χ4n) is 9.95. The Bertz CT molecular complexity index is 4000. The number of hydrogen-bond acceptors (Lipinski definition) is 12. The monoisotopic (exact) mass is 1080 g/mol. The molecule has 0 saturated heterocycles. The molecule has 0 aliphatic carbocycles. The van der Waals surface area contributed by atoms with E-state index in [0.717, 1.165) is 16.7 Å². The Hall–Kier alpha value is -9.24. The normalized spacial score (nSPS) is 15.1. The van der Waals surface area contributed by atoms with Crippen molar-refractivity contribution in [1.82, 2.24) is 78.2 Å². The second kappa shape index (κ2) is 18.2. The van der Waals surface area contributed by atoms with Crippen LogP contribution in [0.5, 0.6) is 0 Å². The van der Waals surface area contributed by atoms with Gasteiger partial charge in [0.25, 0.3) is 0 Å². The Morgan fingerprint density at radius 1 is 0.692 bits per heavy atom. The first-order chi connectivity index (χ1) is 37.3. The highest BCUT2D eigenvalue weighted by molar-refractivity contribution is 5.78. The maximum Gasteiger partial charge on any atom is 0.335 e. The van der Waals surface area contributed by atoms with Gasteiger partial charge < -0.3 is 19.8 Å². The van der Waals surface area contributed by atoms with Crippen molar-refractivity contribution >= 4 is 23.5 Å². The van der Waals surface area contributed by atoms with Gasteiger partial charge in [-0.1, -0.05) is 12.1 Å². The summed E-state index contributed by atoms with van der Waals surface area (Å²) in [4.78, 5) is 18.5. The minimum Gasteiger partial charge on any atom is -0.342 e. The van der Waals surface area contributed by atoms with Gasteiger partial charge in [0.05, 0.1) is 57.9 Å². The summed E-state index contributed by atoms with van der Waals surface area (Å²) in [5.74, 6) is -13.6. The van der Waals surface area contributed by atoms with Gasteiger partial charge in [0.2, 0.25) is 23.5 Å². The van der Waals surface area contributed by atoms with Gasteiger partial charge >= 0.3 is 18.4 Å². The second-order valence-electron chi connectivity index (χ2n) is 18.7. The Balaban J connectivity index is 0.895. The number of benzene rings is 2. The average molecular weight is 1080 g/mol. The molecule has 0 spiro atoms. The SMILES string of the molecule is Cc1cnc(Nc2cc(-c3nc(Nc4ccnn4C)nc(-c4cc5n(c4)C[C@H](CF)n4c-5nnc4C(F)(F)c4ccc(F)cc4F)c3C)nn2C(F)F)nc1-c1cc2n(c1)C[C@H](C)n1c-2nnc1C(F)(F)c1ccccc1F. The number of nitrogens with zero attached hydrogens (tertiary/aromatic N) is 16.